The fraction of sp³-hybridized carbons (Fsp3) is 0.381. The first-order valence-electron chi connectivity index (χ1n) is 9.61. The second-order valence-electron chi connectivity index (χ2n) is 7.22. The summed E-state index contributed by atoms with van der Waals surface area (Å²) >= 11 is 5.74. The molecule has 3 N–H and O–H groups in total. The molecule has 1 heterocycles. The van der Waals surface area contributed by atoms with E-state index in [1.807, 2.05) is 12.1 Å². The largest absolute Gasteiger partial charge is 0.493 e. The topological polar surface area (TPSA) is 56.4 Å². The summed E-state index contributed by atoms with van der Waals surface area (Å²) in [6, 6.07) is 10.2. The van der Waals surface area contributed by atoms with Gasteiger partial charge in [0.2, 0.25) is 0 Å². The van der Waals surface area contributed by atoms with Crippen molar-refractivity contribution in [2.24, 2.45) is 0 Å². The third kappa shape index (κ3) is 5.82. The lowest BCUT2D eigenvalue weighted by Crippen LogP contribution is -3.28. The van der Waals surface area contributed by atoms with Crippen LogP contribution in [-0.2, 0) is 11.3 Å². The molecule has 156 valence electrons. The number of anilines is 1. The predicted octanol–water partition coefficient (Wildman–Crippen LogP) is 0.418. The standard InChI is InChI=1S/C21H25ClFN3O3/c1-28-19-6-3-15(11-20(19)29-2)13-25-7-9-26(10-8-25)14-21(27)24-18-5-4-16(22)12-17(18)23/h3-6,11-12H,7-10,13-14H2,1-2H3,(H,24,27)/p+2. The van der Waals surface area contributed by atoms with Crippen molar-refractivity contribution >= 4 is 23.2 Å². The predicted molar refractivity (Wildman–Crippen MR) is 110 cm³/mol. The number of amides is 1. The van der Waals surface area contributed by atoms with Gasteiger partial charge in [-0.05, 0) is 36.4 Å². The number of nitrogens with one attached hydrogen (secondary N) is 3. The third-order valence-corrected chi connectivity index (χ3v) is 5.42. The van der Waals surface area contributed by atoms with E-state index >= 15 is 0 Å². The molecule has 1 saturated heterocycles. The van der Waals surface area contributed by atoms with E-state index in [4.69, 9.17) is 21.1 Å². The van der Waals surface area contributed by atoms with Gasteiger partial charge in [0.05, 0.1) is 19.9 Å². The van der Waals surface area contributed by atoms with Crippen LogP contribution < -0.4 is 24.6 Å². The van der Waals surface area contributed by atoms with Gasteiger partial charge in [0.1, 0.15) is 38.5 Å². The molecule has 0 bridgehead atoms. The number of methoxy groups -OCH3 is 2. The summed E-state index contributed by atoms with van der Waals surface area (Å²) < 4.78 is 24.5. The van der Waals surface area contributed by atoms with Gasteiger partial charge in [0, 0.05) is 10.6 Å². The monoisotopic (exact) mass is 423 g/mol. The first-order valence-corrected chi connectivity index (χ1v) is 9.99. The molecular weight excluding hydrogens is 397 g/mol. The average Bonchev–Trinajstić information content (AvgIpc) is 2.71. The number of carbonyl (C=O) groups is 1. The molecule has 1 aliphatic heterocycles. The van der Waals surface area contributed by atoms with Gasteiger partial charge in [-0.3, -0.25) is 4.79 Å². The second-order valence-corrected chi connectivity index (χ2v) is 7.65. The molecule has 0 radical (unpaired) electrons. The van der Waals surface area contributed by atoms with Crippen molar-refractivity contribution in [2.45, 2.75) is 6.54 Å². The van der Waals surface area contributed by atoms with Crippen molar-refractivity contribution in [3.8, 4) is 11.5 Å². The molecule has 3 rings (SSSR count). The van der Waals surface area contributed by atoms with Crippen LogP contribution in [0.2, 0.25) is 5.02 Å². The quantitative estimate of drug-likeness (QED) is 0.605. The van der Waals surface area contributed by atoms with Crippen molar-refractivity contribution in [3.05, 3.63) is 52.8 Å². The fourth-order valence-corrected chi connectivity index (χ4v) is 3.76. The Kier molecular flexibility index (Phi) is 7.30. The van der Waals surface area contributed by atoms with Gasteiger partial charge in [0.25, 0.3) is 5.91 Å². The number of carbonyl (C=O) groups excluding carboxylic acids is 1. The Morgan fingerprint density at radius 2 is 1.72 bits per heavy atom. The fourth-order valence-electron chi connectivity index (χ4n) is 3.60. The Morgan fingerprint density at radius 1 is 1.03 bits per heavy atom. The molecule has 1 fully saturated rings. The van der Waals surface area contributed by atoms with Crippen molar-refractivity contribution in [3.63, 3.8) is 0 Å². The number of benzene rings is 2. The number of quaternary nitrogens is 2. The number of ether oxygens (including phenoxy) is 2. The first-order chi connectivity index (χ1) is 14.0. The Hall–Kier alpha value is -2.35. The Labute approximate surface area is 175 Å². The summed E-state index contributed by atoms with van der Waals surface area (Å²) in [4.78, 5) is 14.9. The van der Waals surface area contributed by atoms with Crippen LogP contribution in [0.15, 0.2) is 36.4 Å². The van der Waals surface area contributed by atoms with Crippen LogP contribution in [0.25, 0.3) is 0 Å². The number of halogens is 2. The lowest BCUT2D eigenvalue weighted by molar-refractivity contribution is -1.02. The van der Waals surface area contributed by atoms with Gasteiger partial charge in [-0.15, -0.1) is 0 Å². The third-order valence-electron chi connectivity index (χ3n) is 5.18. The smallest absolute Gasteiger partial charge is 0.279 e. The summed E-state index contributed by atoms with van der Waals surface area (Å²) in [5.74, 6) is 0.748. The minimum absolute atomic E-state index is 0.163. The van der Waals surface area contributed by atoms with Gasteiger partial charge in [-0.2, -0.15) is 0 Å². The SMILES string of the molecule is COc1ccc(C[NH+]2CC[NH+](CC(=O)Nc3ccc(Cl)cc3F)CC2)cc1OC. The van der Waals surface area contributed by atoms with E-state index < -0.39 is 5.82 Å². The summed E-state index contributed by atoms with van der Waals surface area (Å²) in [7, 11) is 3.26. The Balaban J connectivity index is 1.47. The maximum absolute atomic E-state index is 13.8. The van der Waals surface area contributed by atoms with Crippen LogP contribution in [0.1, 0.15) is 5.56 Å². The summed E-state index contributed by atoms with van der Waals surface area (Å²) in [6.07, 6.45) is 0. The van der Waals surface area contributed by atoms with Crippen LogP contribution in [0, 0.1) is 5.82 Å². The molecule has 0 aliphatic carbocycles. The summed E-state index contributed by atoms with van der Waals surface area (Å²) in [5, 5.41) is 2.94. The highest BCUT2D eigenvalue weighted by Crippen LogP contribution is 2.27. The number of rotatable bonds is 7. The molecule has 29 heavy (non-hydrogen) atoms. The molecule has 0 atom stereocenters. The molecule has 1 amide bonds. The van der Waals surface area contributed by atoms with Crippen molar-refractivity contribution in [1.29, 1.82) is 0 Å². The lowest BCUT2D eigenvalue weighted by atomic mass is 10.1. The zero-order valence-corrected chi connectivity index (χ0v) is 17.4. The number of hydrogen-bond donors (Lipinski definition) is 3. The molecule has 1 aliphatic rings. The van der Waals surface area contributed by atoms with Gasteiger partial charge in [-0.25, -0.2) is 4.39 Å². The highest BCUT2D eigenvalue weighted by molar-refractivity contribution is 6.30. The first kappa shape index (κ1) is 21.4. The molecule has 6 nitrogen and oxygen atoms in total. The number of hydrogen-bond acceptors (Lipinski definition) is 3. The lowest BCUT2D eigenvalue weighted by Gasteiger charge is -2.29. The Bertz CT molecular complexity index is 857. The van der Waals surface area contributed by atoms with Crippen LogP contribution in [-0.4, -0.2) is 52.9 Å². The van der Waals surface area contributed by atoms with E-state index in [1.54, 1.807) is 20.3 Å². The van der Waals surface area contributed by atoms with Gasteiger partial charge < -0.3 is 24.6 Å². The zero-order valence-electron chi connectivity index (χ0n) is 16.7. The Morgan fingerprint density at radius 3 is 2.38 bits per heavy atom. The van der Waals surface area contributed by atoms with Crippen molar-refractivity contribution in [1.82, 2.24) is 0 Å². The van der Waals surface area contributed by atoms with E-state index in [2.05, 4.69) is 11.4 Å². The van der Waals surface area contributed by atoms with E-state index in [-0.39, 0.29) is 11.6 Å². The highest BCUT2D eigenvalue weighted by Gasteiger charge is 2.25. The minimum atomic E-state index is -0.523. The molecule has 2 aromatic rings. The summed E-state index contributed by atoms with van der Waals surface area (Å²) in [6.45, 7) is 4.93. The van der Waals surface area contributed by atoms with Gasteiger partial charge in [0.15, 0.2) is 18.0 Å². The molecule has 0 spiro atoms. The van der Waals surface area contributed by atoms with Crippen LogP contribution in [0.4, 0.5) is 10.1 Å². The van der Waals surface area contributed by atoms with Gasteiger partial charge >= 0.3 is 0 Å². The molecule has 8 heteroatoms. The average molecular weight is 424 g/mol. The molecule has 0 saturated carbocycles. The van der Waals surface area contributed by atoms with Crippen molar-refractivity contribution < 1.29 is 28.5 Å². The van der Waals surface area contributed by atoms with Crippen LogP contribution >= 0.6 is 11.6 Å². The van der Waals surface area contributed by atoms with Crippen molar-refractivity contribution in [2.75, 3.05) is 52.3 Å². The number of piperazine rings is 1. The highest BCUT2D eigenvalue weighted by atomic mass is 35.5. The maximum Gasteiger partial charge on any atom is 0.279 e. The zero-order chi connectivity index (χ0) is 20.8. The van der Waals surface area contributed by atoms with E-state index in [9.17, 15) is 9.18 Å². The van der Waals surface area contributed by atoms with Crippen LogP contribution in [0.5, 0.6) is 11.5 Å². The maximum atomic E-state index is 13.8. The van der Waals surface area contributed by atoms with E-state index in [0.717, 1.165) is 44.2 Å². The molecular formula is C21H27ClFN3O3+2. The minimum Gasteiger partial charge on any atom is -0.493 e. The van der Waals surface area contributed by atoms with Crippen LogP contribution in [0.3, 0.4) is 0 Å². The van der Waals surface area contributed by atoms with E-state index in [1.165, 1.54) is 27.5 Å². The van der Waals surface area contributed by atoms with E-state index in [0.29, 0.717) is 11.6 Å². The molecule has 2 aromatic carbocycles. The normalized spacial score (nSPS) is 18.9. The molecule has 0 aromatic heterocycles. The van der Waals surface area contributed by atoms with Gasteiger partial charge in [-0.1, -0.05) is 11.6 Å². The molecule has 0 unspecified atom stereocenters. The summed E-state index contributed by atoms with van der Waals surface area (Å²) in [5.41, 5.74) is 1.36. The second kappa shape index (κ2) is 9.91.